The molecule has 1 amide bonds. The Balaban J connectivity index is 0.00000243. The quantitative estimate of drug-likeness (QED) is 0.799. The summed E-state index contributed by atoms with van der Waals surface area (Å²) in [6, 6.07) is 6.74. The number of halogens is 2. The second kappa shape index (κ2) is 8.35. The third-order valence-electron chi connectivity index (χ3n) is 4.16. The van der Waals surface area contributed by atoms with Crippen LogP contribution >= 0.6 is 24.0 Å². The van der Waals surface area contributed by atoms with Crippen LogP contribution in [0.3, 0.4) is 0 Å². The number of nitrogens with zero attached hydrogens (tertiary/aromatic N) is 2. The molecule has 0 saturated carbocycles. The summed E-state index contributed by atoms with van der Waals surface area (Å²) in [4.78, 5) is 16.8. The van der Waals surface area contributed by atoms with Gasteiger partial charge in [0.15, 0.2) is 5.82 Å². The Hall–Kier alpha value is -1.67. The molecule has 1 saturated heterocycles. The summed E-state index contributed by atoms with van der Waals surface area (Å²) < 4.78 is 11.1. The molecular formula is C17H22Cl2N4O3. The van der Waals surface area contributed by atoms with Gasteiger partial charge in [0.05, 0.1) is 11.6 Å². The molecule has 1 fully saturated rings. The Morgan fingerprint density at radius 3 is 2.85 bits per heavy atom. The number of nitrogens with one attached hydrogen (secondary N) is 1. The van der Waals surface area contributed by atoms with E-state index in [2.05, 4.69) is 15.5 Å². The fourth-order valence-corrected chi connectivity index (χ4v) is 2.91. The number of hydrogen-bond acceptors (Lipinski definition) is 6. The minimum Gasteiger partial charge on any atom is -0.364 e. The number of rotatable bonds is 5. The molecule has 2 atom stereocenters. The van der Waals surface area contributed by atoms with Gasteiger partial charge in [-0.3, -0.25) is 4.79 Å². The minimum absolute atomic E-state index is 0. The summed E-state index contributed by atoms with van der Waals surface area (Å²) in [5, 5.41) is 7.41. The van der Waals surface area contributed by atoms with Crippen LogP contribution in [0.2, 0.25) is 5.02 Å². The number of amides is 1. The van der Waals surface area contributed by atoms with E-state index in [0.717, 1.165) is 12.8 Å². The molecule has 1 aromatic heterocycles. The summed E-state index contributed by atoms with van der Waals surface area (Å²) in [5.74, 6) is 0.535. The molecule has 26 heavy (non-hydrogen) atoms. The first-order valence-electron chi connectivity index (χ1n) is 8.17. The third-order valence-corrected chi connectivity index (χ3v) is 4.39. The van der Waals surface area contributed by atoms with E-state index in [1.165, 1.54) is 0 Å². The average molecular weight is 401 g/mol. The lowest BCUT2D eigenvalue weighted by molar-refractivity contribution is 0.0307. The van der Waals surface area contributed by atoms with Gasteiger partial charge in [-0.25, -0.2) is 0 Å². The molecular weight excluding hydrogens is 379 g/mol. The number of nitrogens with two attached hydrogens (primary N) is 1. The Kier molecular flexibility index (Phi) is 6.63. The summed E-state index contributed by atoms with van der Waals surface area (Å²) in [6.45, 7) is 4.09. The largest absolute Gasteiger partial charge is 0.364 e. The van der Waals surface area contributed by atoms with Gasteiger partial charge in [-0.1, -0.05) is 22.8 Å². The van der Waals surface area contributed by atoms with Gasteiger partial charge < -0.3 is 20.3 Å². The molecule has 0 radical (unpaired) electrons. The monoisotopic (exact) mass is 400 g/mol. The number of benzene rings is 1. The molecule has 1 aliphatic rings. The van der Waals surface area contributed by atoms with E-state index in [9.17, 15) is 4.79 Å². The molecule has 1 aliphatic heterocycles. The van der Waals surface area contributed by atoms with Crippen molar-refractivity contribution in [3.8, 4) is 0 Å². The van der Waals surface area contributed by atoms with E-state index >= 15 is 0 Å². The predicted molar refractivity (Wildman–Crippen MR) is 99.4 cm³/mol. The summed E-state index contributed by atoms with van der Waals surface area (Å²) in [6.07, 6.45) is 1.44. The number of hydrogen-bond donors (Lipinski definition) is 2. The molecule has 0 aliphatic carbocycles. The van der Waals surface area contributed by atoms with E-state index in [1.807, 2.05) is 13.8 Å². The Bertz CT molecular complexity index is 766. The summed E-state index contributed by atoms with van der Waals surface area (Å²) >= 11 is 5.93. The zero-order valence-corrected chi connectivity index (χ0v) is 16.1. The lowest BCUT2D eigenvalue weighted by Crippen LogP contribution is -2.41. The molecule has 2 unspecified atom stereocenters. The molecule has 9 heteroatoms. The van der Waals surface area contributed by atoms with E-state index in [1.54, 1.807) is 24.3 Å². The Labute approximate surface area is 163 Å². The van der Waals surface area contributed by atoms with Crippen LogP contribution in [0.1, 0.15) is 54.9 Å². The van der Waals surface area contributed by atoms with Gasteiger partial charge in [-0.15, -0.1) is 12.4 Å². The van der Waals surface area contributed by atoms with Gasteiger partial charge in [0.2, 0.25) is 0 Å². The number of carbonyl (C=O) groups is 1. The van der Waals surface area contributed by atoms with Gasteiger partial charge in [0.25, 0.3) is 11.8 Å². The molecule has 1 aromatic carbocycles. The molecule has 2 aromatic rings. The van der Waals surface area contributed by atoms with Gasteiger partial charge in [0.1, 0.15) is 6.10 Å². The molecule has 3 rings (SSSR count). The first-order valence-corrected chi connectivity index (χ1v) is 8.54. The van der Waals surface area contributed by atoms with Crippen molar-refractivity contribution in [3.63, 3.8) is 0 Å². The van der Waals surface area contributed by atoms with Crippen molar-refractivity contribution < 1.29 is 14.1 Å². The van der Waals surface area contributed by atoms with Gasteiger partial charge in [-0.05, 0) is 44.9 Å². The highest BCUT2D eigenvalue weighted by molar-refractivity contribution is 6.30. The molecule has 0 spiro atoms. The lowest BCUT2D eigenvalue weighted by Gasteiger charge is -2.22. The first-order chi connectivity index (χ1) is 11.9. The smallest absolute Gasteiger partial charge is 0.255 e. The summed E-state index contributed by atoms with van der Waals surface area (Å²) in [7, 11) is 0. The van der Waals surface area contributed by atoms with Crippen molar-refractivity contribution in [3.05, 3.63) is 46.6 Å². The van der Waals surface area contributed by atoms with Gasteiger partial charge >= 0.3 is 0 Å². The lowest BCUT2D eigenvalue weighted by atomic mass is 10.0. The van der Waals surface area contributed by atoms with Crippen molar-refractivity contribution in [2.24, 2.45) is 5.73 Å². The van der Waals surface area contributed by atoms with Crippen LogP contribution in [0, 0.1) is 0 Å². The fraction of sp³-hybridized carbons (Fsp3) is 0.471. The average Bonchev–Trinajstić information content (AvgIpc) is 3.23. The Morgan fingerprint density at radius 2 is 2.19 bits per heavy atom. The highest BCUT2D eigenvalue weighted by Crippen LogP contribution is 2.32. The number of aromatic nitrogens is 2. The maximum atomic E-state index is 12.4. The van der Waals surface area contributed by atoms with Crippen LogP contribution in [0.25, 0.3) is 0 Å². The fourth-order valence-electron chi connectivity index (χ4n) is 2.72. The maximum Gasteiger partial charge on any atom is 0.255 e. The second-order valence-electron chi connectivity index (χ2n) is 6.61. The predicted octanol–water partition coefficient (Wildman–Crippen LogP) is 2.99. The standard InChI is InChI=1S/C17H21ClN4O3.ClH/c1-17(2,21-14(23)10-4-3-5-11(18)8-10)16-20-15(25-22-16)13-7-6-12(9-19)24-13;/h3-5,8,12-13H,6-7,9,19H2,1-2H3,(H,21,23);1H. The normalized spacial score (nSPS) is 19.8. The molecule has 7 nitrogen and oxygen atoms in total. The van der Waals surface area contributed by atoms with Crippen LogP contribution in [0.15, 0.2) is 28.8 Å². The second-order valence-corrected chi connectivity index (χ2v) is 7.04. The SMILES string of the molecule is CC(C)(NC(=O)c1cccc(Cl)c1)c1noc(C2CCC(CN)O2)n1.Cl. The zero-order chi connectivity index (χ0) is 18.0. The Morgan fingerprint density at radius 1 is 1.42 bits per heavy atom. The molecule has 142 valence electrons. The van der Waals surface area contributed by atoms with Crippen LogP contribution in [-0.2, 0) is 10.3 Å². The van der Waals surface area contributed by atoms with Crippen molar-refractivity contribution in [1.29, 1.82) is 0 Å². The van der Waals surface area contributed by atoms with Crippen molar-refractivity contribution in [2.75, 3.05) is 6.54 Å². The topological polar surface area (TPSA) is 103 Å². The van der Waals surface area contributed by atoms with Crippen molar-refractivity contribution in [1.82, 2.24) is 15.5 Å². The highest BCUT2D eigenvalue weighted by atomic mass is 35.5. The molecule has 3 N–H and O–H groups in total. The number of carbonyl (C=O) groups excluding carboxylic acids is 1. The van der Waals surface area contributed by atoms with Crippen molar-refractivity contribution in [2.45, 2.75) is 44.4 Å². The van der Waals surface area contributed by atoms with Gasteiger partial charge in [-0.2, -0.15) is 4.98 Å². The van der Waals surface area contributed by atoms with E-state index in [0.29, 0.717) is 28.8 Å². The highest BCUT2D eigenvalue weighted by Gasteiger charge is 2.34. The molecule has 0 bridgehead atoms. The molecule has 2 heterocycles. The van der Waals surface area contributed by atoms with E-state index in [4.69, 9.17) is 26.6 Å². The van der Waals surface area contributed by atoms with Crippen LogP contribution in [0.5, 0.6) is 0 Å². The van der Waals surface area contributed by atoms with E-state index in [-0.39, 0.29) is 30.5 Å². The maximum absolute atomic E-state index is 12.4. The van der Waals surface area contributed by atoms with Gasteiger partial charge in [0, 0.05) is 17.1 Å². The van der Waals surface area contributed by atoms with E-state index < -0.39 is 5.54 Å². The van der Waals surface area contributed by atoms with Crippen molar-refractivity contribution >= 4 is 29.9 Å². The van der Waals surface area contributed by atoms with Crippen LogP contribution in [0.4, 0.5) is 0 Å². The third kappa shape index (κ3) is 4.54. The minimum atomic E-state index is -0.812. The first kappa shape index (κ1) is 20.6. The zero-order valence-electron chi connectivity index (χ0n) is 14.6. The number of ether oxygens (including phenoxy) is 1. The van der Waals surface area contributed by atoms with Crippen LogP contribution < -0.4 is 11.1 Å². The summed E-state index contributed by atoms with van der Waals surface area (Å²) in [5.41, 5.74) is 5.28. The van der Waals surface area contributed by atoms with Crippen LogP contribution in [-0.4, -0.2) is 28.7 Å².